The molecule has 26 heavy (non-hydrogen) atoms. The first-order valence-corrected chi connectivity index (χ1v) is 8.73. The Morgan fingerprint density at radius 3 is 2.54 bits per heavy atom. The number of hydrogen-bond donors (Lipinski definition) is 0. The van der Waals surface area contributed by atoms with Gasteiger partial charge in [-0.2, -0.15) is 0 Å². The third kappa shape index (κ3) is 3.20. The smallest absolute Gasteiger partial charge is 0.265 e. The van der Waals surface area contributed by atoms with Crippen molar-refractivity contribution < 1.29 is 14.4 Å². The molecule has 1 heterocycles. The van der Waals surface area contributed by atoms with Crippen LogP contribution in [0.3, 0.4) is 0 Å². The minimum Gasteiger partial charge on any atom is -0.382 e. The van der Waals surface area contributed by atoms with Gasteiger partial charge in [-0.1, -0.05) is 35.4 Å². The van der Waals surface area contributed by atoms with E-state index in [1.807, 2.05) is 6.08 Å². The molecule has 0 spiro atoms. The molecular formula is C19H16Cl2N2O3. The zero-order valence-electron chi connectivity index (χ0n) is 14.3. The van der Waals surface area contributed by atoms with Gasteiger partial charge in [0, 0.05) is 42.0 Å². The minimum absolute atomic E-state index is 0.0444. The number of nitrogens with zero attached hydrogens (tertiary/aromatic N) is 2. The van der Waals surface area contributed by atoms with Crippen LogP contribution in [0.15, 0.2) is 53.4 Å². The van der Waals surface area contributed by atoms with Crippen LogP contribution < -0.4 is 0 Å². The van der Waals surface area contributed by atoms with E-state index < -0.39 is 17.6 Å². The predicted molar refractivity (Wildman–Crippen MR) is 99.8 cm³/mol. The molecular weight excluding hydrogens is 375 g/mol. The Kier molecular flexibility index (Phi) is 5.03. The van der Waals surface area contributed by atoms with Crippen molar-refractivity contribution in [2.45, 2.75) is 12.8 Å². The van der Waals surface area contributed by atoms with E-state index in [2.05, 4.69) is 0 Å². The average Bonchev–Trinajstić information content (AvgIpc) is 2.84. The van der Waals surface area contributed by atoms with Crippen LogP contribution in [-0.4, -0.2) is 41.5 Å². The average molecular weight is 391 g/mol. The molecule has 0 fully saturated rings. The first-order valence-electron chi connectivity index (χ1n) is 7.97. The van der Waals surface area contributed by atoms with Crippen LogP contribution >= 0.6 is 23.2 Å². The number of imide groups is 1. The summed E-state index contributed by atoms with van der Waals surface area (Å²) >= 11 is 12.0. The van der Waals surface area contributed by atoms with E-state index in [1.54, 1.807) is 25.1 Å². The number of carbonyl (C=O) groups is 3. The summed E-state index contributed by atoms with van der Waals surface area (Å²) in [7, 11) is 3.41. The lowest BCUT2D eigenvalue weighted by atomic mass is 10.00. The summed E-state index contributed by atoms with van der Waals surface area (Å²) in [5.41, 5.74) is 0.917. The number of hydrogen-bond acceptors (Lipinski definition) is 4. The second-order valence-electron chi connectivity index (χ2n) is 6.21. The van der Waals surface area contributed by atoms with Crippen LogP contribution in [0.4, 0.5) is 0 Å². The number of amides is 2. The van der Waals surface area contributed by atoms with Crippen molar-refractivity contribution in [1.82, 2.24) is 9.80 Å². The van der Waals surface area contributed by atoms with Crippen molar-refractivity contribution >= 4 is 40.8 Å². The first-order chi connectivity index (χ1) is 12.3. The van der Waals surface area contributed by atoms with Gasteiger partial charge in [0.2, 0.25) is 5.78 Å². The third-order valence-corrected chi connectivity index (χ3v) is 4.64. The largest absolute Gasteiger partial charge is 0.382 e. The van der Waals surface area contributed by atoms with Gasteiger partial charge in [-0.05, 0) is 31.0 Å². The fourth-order valence-corrected chi connectivity index (χ4v) is 3.42. The quantitative estimate of drug-likeness (QED) is 0.447. The Bertz CT molecular complexity index is 913. The summed E-state index contributed by atoms with van der Waals surface area (Å²) < 4.78 is 0. The maximum atomic E-state index is 13.1. The van der Waals surface area contributed by atoms with Crippen molar-refractivity contribution in [3.05, 3.63) is 69.0 Å². The van der Waals surface area contributed by atoms with Crippen LogP contribution in [0.2, 0.25) is 10.0 Å². The van der Waals surface area contributed by atoms with Gasteiger partial charge in [-0.3, -0.25) is 14.4 Å². The van der Waals surface area contributed by atoms with E-state index >= 15 is 0 Å². The van der Waals surface area contributed by atoms with Gasteiger partial charge < -0.3 is 4.90 Å². The van der Waals surface area contributed by atoms with Crippen LogP contribution in [0.5, 0.6) is 0 Å². The van der Waals surface area contributed by atoms with E-state index in [0.717, 1.165) is 4.90 Å². The van der Waals surface area contributed by atoms with Crippen LogP contribution in [0.25, 0.3) is 0 Å². The molecule has 1 aromatic carbocycles. The zero-order valence-corrected chi connectivity index (χ0v) is 15.8. The molecule has 134 valence electrons. The fraction of sp³-hybridized carbons (Fsp3) is 0.211. The number of benzene rings is 1. The summed E-state index contributed by atoms with van der Waals surface area (Å²) in [6, 6.07) is 4.46. The molecule has 0 N–H and O–H groups in total. The summed E-state index contributed by atoms with van der Waals surface area (Å²) in [6.07, 6.45) is 6.12. The molecule has 3 rings (SSSR count). The van der Waals surface area contributed by atoms with Gasteiger partial charge in [0.1, 0.15) is 5.70 Å². The van der Waals surface area contributed by atoms with Crippen LogP contribution in [-0.2, 0) is 9.59 Å². The molecule has 1 aromatic rings. The highest BCUT2D eigenvalue weighted by Crippen LogP contribution is 2.33. The van der Waals surface area contributed by atoms with E-state index in [4.69, 9.17) is 23.2 Å². The molecule has 0 radical (unpaired) electrons. The number of halogens is 2. The maximum Gasteiger partial charge on any atom is 0.265 e. The highest BCUT2D eigenvalue weighted by Gasteiger charge is 2.41. The van der Waals surface area contributed by atoms with Gasteiger partial charge in [0.05, 0.1) is 5.02 Å². The second kappa shape index (κ2) is 7.09. The minimum atomic E-state index is -0.522. The molecule has 2 aliphatic rings. The Hall–Kier alpha value is -2.37. The van der Waals surface area contributed by atoms with Gasteiger partial charge in [-0.25, -0.2) is 4.90 Å². The summed E-state index contributed by atoms with van der Waals surface area (Å²) in [5, 5.41) is 0.546. The summed E-state index contributed by atoms with van der Waals surface area (Å²) in [5.74, 6) is -1.47. The zero-order chi connectivity index (χ0) is 19.0. The Balaban J connectivity index is 2.05. The maximum absolute atomic E-state index is 13.1. The molecule has 0 aromatic heterocycles. The van der Waals surface area contributed by atoms with E-state index in [1.165, 1.54) is 24.4 Å². The van der Waals surface area contributed by atoms with Gasteiger partial charge in [-0.15, -0.1) is 0 Å². The Morgan fingerprint density at radius 1 is 1.19 bits per heavy atom. The predicted octanol–water partition coefficient (Wildman–Crippen LogP) is 3.59. The topological polar surface area (TPSA) is 57.7 Å². The van der Waals surface area contributed by atoms with E-state index in [0.29, 0.717) is 29.0 Å². The van der Waals surface area contributed by atoms with E-state index in [9.17, 15) is 14.4 Å². The lowest BCUT2D eigenvalue weighted by Crippen LogP contribution is -2.35. The molecule has 0 saturated heterocycles. The number of carbonyl (C=O) groups excluding carboxylic acids is 3. The Labute approximate surface area is 161 Å². The second-order valence-corrected chi connectivity index (χ2v) is 7.05. The molecule has 0 saturated carbocycles. The normalized spacial score (nSPS) is 17.1. The summed E-state index contributed by atoms with van der Waals surface area (Å²) in [6.45, 7) is 0. The van der Waals surface area contributed by atoms with Crippen molar-refractivity contribution in [3.63, 3.8) is 0 Å². The monoisotopic (exact) mass is 390 g/mol. The van der Waals surface area contributed by atoms with Crippen LogP contribution in [0.1, 0.15) is 23.2 Å². The standard InChI is InChI=1S/C19H16Cl2N2O3/c1-22(2)10-16(17(24)14-8-7-11(20)9-15(14)21)23-18(25)12-5-3-4-6-13(12)19(23)26/h3,5,7-10H,4,6H2,1-2H3/b16-10+. The lowest BCUT2D eigenvalue weighted by molar-refractivity contribution is -0.135. The molecule has 1 aliphatic heterocycles. The highest BCUT2D eigenvalue weighted by atomic mass is 35.5. The van der Waals surface area contributed by atoms with Gasteiger partial charge >= 0.3 is 0 Å². The highest BCUT2D eigenvalue weighted by molar-refractivity contribution is 6.38. The lowest BCUT2D eigenvalue weighted by Gasteiger charge is -2.20. The number of rotatable bonds is 4. The molecule has 0 atom stereocenters. The molecule has 0 bridgehead atoms. The van der Waals surface area contributed by atoms with Crippen LogP contribution in [0, 0.1) is 0 Å². The fourth-order valence-electron chi connectivity index (χ4n) is 2.93. The molecule has 5 nitrogen and oxygen atoms in total. The SMILES string of the molecule is CN(C)/C=C(\C(=O)c1ccc(Cl)cc1Cl)N1C(=O)C2=C(CCC=C2)C1=O. The molecule has 7 heteroatoms. The molecule has 0 unspecified atom stereocenters. The molecule has 1 aliphatic carbocycles. The number of ketones is 1. The van der Waals surface area contributed by atoms with Crippen molar-refractivity contribution in [3.8, 4) is 0 Å². The van der Waals surface area contributed by atoms with E-state index in [-0.39, 0.29) is 16.3 Å². The Morgan fingerprint density at radius 2 is 1.92 bits per heavy atom. The van der Waals surface area contributed by atoms with Gasteiger partial charge in [0.25, 0.3) is 11.8 Å². The third-order valence-electron chi connectivity index (χ3n) is 4.10. The van der Waals surface area contributed by atoms with Crippen molar-refractivity contribution in [2.24, 2.45) is 0 Å². The molecule has 2 amide bonds. The van der Waals surface area contributed by atoms with Crippen molar-refractivity contribution in [1.29, 1.82) is 0 Å². The van der Waals surface area contributed by atoms with Gasteiger partial charge in [0.15, 0.2) is 0 Å². The first kappa shape index (κ1) is 18.4. The van der Waals surface area contributed by atoms with Crippen molar-refractivity contribution in [2.75, 3.05) is 14.1 Å². The number of allylic oxidation sites excluding steroid dienone is 2. The summed E-state index contributed by atoms with van der Waals surface area (Å²) in [4.78, 5) is 41.2. The number of Topliss-reactive ketones (excluding diaryl/α,β-unsaturated/α-hetero) is 1.